The number of hydrogen-bond donors (Lipinski definition) is 1. The van der Waals surface area contributed by atoms with E-state index in [4.69, 9.17) is 0 Å². The van der Waals surface area contributed by atoms with E-state index in [1.54, 1.807) is 13.2 Å². The van der Waals surface area contributed by atoms with Gasteiger partial charge in [0.15, 0.2) is 0 Å². The van der Waals surface area contributed by atoms with E-state index < -0.39 is 0 Å². The van der Waals surface area contributed by atoms with Gasteiger partial charge in [0.1, 0.15) is 11.5 Å². The molecule has 0 aliphatic carbocycles. The van der Waals surface area contributed by atoms with Gasteiger partial charge in [-0.25, -0.2) is 9.97 Å². The van der Waals surface area contributed by atoms with Crippen molar-refractivity contribution < 1.29 is 4.79 Å². The molecule has 1 aromatic rings. The highest BCUT2D eigenvalue weighted by Gasteiger charge is 2.32. The summed E-state index contributed by atoms with van der Waals surface area (Å²) in [5, 5.41) is 2.88. The largest absolute Gasteiger partial charge is 0.372 e. The molecule has 5 heteroatoms. The van der Waals surface area contributed by atoms with Gasteiger partial charge in [-0.05, 0) is 11.8 Å². The lowest BCUT2D eigenvalue weighted by molar-refractivity contribution is 0.0772. The van der Waals surface area contributed by atoms with Crippen LogP contribution in [0.5, 0.6) is 0 Å². The van der Waals surface area contributed by atoms with Crippen molar-refractivity contribution in [2.24, 2.45) is 5.41 Å². The summed E-state index contributed by atoms with van der Waals surface area (Å²) in [5.74, 6) is 0.647. The molecule has 2 heterocycles. The van der Waals surface area contributed by atoms with Crippen LogP contribution >= 0.6 is 0 Å². The molecule has 1 amide bonds. The van der Waals surface area contributed by atoms with E-state index in [0.717, 1.165) is 19.5 Å². The van der Waals surface area contributed by atoms with Gasteiger partial charge in [0.25, 0.3) is 5.91 Å². The Balaban J connectivity index is 2.09. The molecule has 0 spiro atoms. The highest BCUT2D eigenvalue weighted by Crippen LogP contribution is 2.29. The van der Waals surface area contributed by atoms with E-state index in [9.17, 15) is 4.79 Å². The average molecular weight is 234 g/mol. The first-order valence-electron chi connectivity index (χ1n) is 5.81. The number of likely N-dealkylation sites (tertiary alicyclic amines) is 1. The summed E-state index contributed by atoms with van der Waals surface area (Å²) in [6.45, 7) is 5.95. The Bertz CT molecular complexity index is 413. The molecule has 1 saturated heterocycles. The number of carbonyl (C=O) groups excluding carboxylic acids is 1. The highest BCUT2D eigenvalue weighted by molar-refractivity contribution is 5.92. The van der Waals surface area contributed by atoms with Crippen molar-refractivity contribution in [3.63, 3.8) is 0 Å². The minimum absolute atomic E-state index is 0.0225. The zero-order chi connectivity index (χ0) is 12.5. The van der Waals surface area contributed by atoms with Gasteiger partial charge in [0.05, 0.1) is 12.4 Å². The zero-order valence-electron chi connectivity index (χ0n) is 10.5. The third-order valence-corrected chi connectivity index (χ3v) is 3.09. The second-order valence-corrected chi connectivity index (χ2v) is 5.18. The molecule has 1 aliphatic heterocycles. The van der Waals surface area contributed by atoms with Crippen LogP contribution in [0.4, 0.5) is 5.82 Å². The molecule has 1 N–H and O–H groups in total. The maximum absolute atomic E-state index is 12.1. The molecule has 0 saturated carbocycles. The van der Waals surface area contributed by atoms with Gasteiger partial charge in [-0.2, -0.15) is 0 Å². The molecule has 0 unspecified atom stereocenters. The topological polar surface area (TPSA) is 58.1 Å². The molecular formula is C12H18N4O. The molecule has 0 radical (unpaired) electrons. The number of nitrogens with zero attached hydrogens (tertiary/aromatic N) is 3. The number of hydrogen-bond acceptors (Lipinski definition) is 4. The number of aromatic nitrogens is 2. The summed E-state index contributed by atoms with van der Waals surface area (Å²) >= 11 is 0. The van der Waals surface area contributed by atoms with Crippen molar-refractivity contribution >= 4 is 11.7 Å². The van der Waals surface area contributed by atoms with Gasteiger partial charge in [0.2, 0.25) is 0 Å². The molecule has 0 aromatic carbocycles. The molecule has 1 aliphatic rings. The fourth-order valence-electron chi connectivity index (χ4n) is 2.02. The Labute approximate surface area is 101 Å². The average Bonchev–Trinajstić information content (AvgIpc) is 2.69. The number of anilines is 1. The number of rotatable bonds is 2. The maximum Gasteiger partial charge on any atom is 0.274 e. The maximum atomic E-state index is 12.1. The van der Waals surface area contributed by atoms with E-state index in [1.165, 1.54) is 6.20 Å². The third-order valence-electron chi connectivity index (χ3n) is 3.09. The van der Waals surface area contributed by atoms with Gasteiger partial charge in [-0.15, -0.1) is 0 Å². The van der Waals surface area contributed by atoms with Crippen molar-refractivity contribution in [2.45, 2.75) is 20.3 Å². The Morgan fingerprint density at radius 1 is 1.41 bits per heavy atom. The fraction of sp³-hybridized carbons (Fsp3) is 0.583. The first-order valence-corrected chi connectivity index (χ1v) is 5.81. The standard InChI is InChI=1S/C12H18N4O/c1-12(2)4-5-16(8-12)11(17)9-6-15-10(13-3)7-14-9/h6-7H,4-5,8H2,1-3H3,(H,13,15). The zero-order valence-corrected chi connectivity index (χ0v) is 10.5. The van der Waals surface area contributed by atoms with Crippen LogP contribution in [0, 0.1) is 5.41 Å². The van der Waals surface area contributed by atoms with Crippen molar-refractivity contribution in [2.75, 3.05) is 25.5 Å². The Morgan fingerprint density at radius 2 is 2.18 bits per heavy atom. The van der Waals surface area contributed by atoms with Crippen LogP contribution in [-0.4, -0.2) is 40.9 Å². The summed E-state index contributed by atoms with van der Waals surface area (Å²) in [6.07, 6.45) is 4.15. The van der Waals surface area contributed by atoms with E-state index in [1.807, 2.05) is 4.90 Å². The normalized spacial score (nSPS) is 18.2. The minimum Gasteiger partial charge on any atom is -0.372 e. The highest BCUT2D eigenvalue weighted by atomic mass is 16.2. The summed E-state index contributed by atoms with van der Waals surface area (Å²) in [4.78, 5) is 22.2. The van der Waals surface area contributed by atoms with E-state index >= 15 is 0 Å². The van der Waals surface area contributed by atoms with Crippen molar-refractivity contribution in [1.82, 2.24) is 14.9 Å². The summed E-state index contributed by atoms with van der Waals surface area (Å²) in [7, 11) is 1.77. The van der Waals surface area contributed by atoms with Crippen LogP contribution in [-0.2, 0) is 0 Å². The lowest BCUT2D eigenvalue weighted by Crippen LogP contribution is -2.31. The minimum atomic E-state index is -0.0225. The van der Waals surface area contributed by atoms with Gasteiger partial charge in [0, 0.05) is 20.1 Å². The van der Waals surface area contributed by atoms with Crippen LogP contribution in [0.3, 0.4) is 0 Å². The van der Waals surface area contributed by atoms with Crippen molar-refractivity contribution in [3.05, 3.63) is 18.1 Å². The summed E-state index contributed by atoms with van der Waals surface area (Å²) < 4.78 is 0. The molecule has 92 valence electrons. The SMILES string of the molecule is CNc1cnc(C(=O)N2CCC(C)(C)C2)cn1. The number of amides is 1. The molecule has 17 heavy (non-hydrogen) atoms. The van der Waals surface area contributed by atoms with E-state index in [-0.39, 0.29) is 11.3 Å². The van der Waals surface area contributed by atoms with E-state index in [0.29, 0.717) is 11.5 Å². The number of nitrogens with one attached hydrogen (secondary N) is 1. The molecular weight excluding hydrogens is 216 g/mol. The molecule has 0 atom stereocenters. The molecule has 5 nitrogen and oxygen atoms in total. The molecule has 0 bridgehead atoms. The molecule has 2 rings (SSSR count). The van der Waals surface area contributed by atoms with Crippen LogP contribution in [0.25, 0.3) is 0 Å². The lowest BCUT2D eigenvalue weighted by atomic mass is 9.93. The second kappa shape index (κ2) is 4.31. The Hall–Kier alpha value is -1.65. The molecule has 1 aromatic heterocycles. The Morgan fingerprint density at radius 3 is 2.65 bits per heavy atom. The predicted molar refractivity (Wildman–Crippen MR) is 65.9 cm³/mol. The first kappa shape index (κ1) is 11.8. The van der Waals surface area contributed by atoms with Crippen molar-refractivity contribution in [3.8, 4) is 0 Å². The third kappa shape index (κ3) is 2.54. The summed E-state index contributed by atoms with van der Waals surface area (Å²) in [5.41, 5.74) is 0.635. The van der Waals surface area contributed by atoms with E-state index in [2.05, 4.69) is 29.1 Å². The van der Waals surface area contributed by atoms with Gasteiger partial charge in [-0.3, -0.25) is 4.79 Å². The van der Waals surface area contributed by atoms with Gasteiger partial charge >= 0.3 is 0 Å². The molecule has 1 fully saturated rings. The van der Waals surface area contributed by atoms with Crippen molar-refractivity contribution in [1.29, 1.82) is 0 Å². The quantitative estimate of drug-likeness (QED) is 0.840. The van der Waals surface area contributed by atoms with Gasteiger partial charge in [-0.1, -0.05) is 13.8 Å². The smallest absolute Gasteiger partial charge is 0.274 e. The second-order valence-electron chi connectivity index (χ2n) is 5.18. The summed E-state index contributed by atoms with van der Waals surface area (Å²) in [6, 6.07) is 0. The lowest BCUT2D eigenvalue weighted by Gasteiger charge is -2.19. The van der Waals surface area contributed by atoms with Crippen LogP contribution in [0.2, 0.25) is 0 Å². The van der Waals surface area contributed by atoms with Gasteiger partial charge < -0.3 is 10.2 Å². The predicted octanol–water partition coefficient (Wildman–Crippen LogP) is 1.39. The van der Waals surface area contributed by atoms with Crippen LogP contribution in [0.1, 0.15) is 30.8 Å². The Kier molecular flexibility index (Phi) is 3.00. The van der Waals surface area contributed by atoms with Crippen LogP contribution < -0.4 is 5.32 Å². The first-order chi connectivity index (χ1) is 8.02. The van der Waals surface area contributed by atoms with Crippen LogP contribution in [0.15, 0.2) is 12.4 Å². The monoisotopic (exact) mass is 234 g/mol. The fourth-order valence-corrected chi connectivity index (χ4v) is 2.02. The number of carbonyl (C=O) groups is 1.